The van der Waals surface area contributed by atoms with Crippen LogP contribution in [-0.2, 0) is 6.18 Å². The van der Waals surface area contributed by atoms with Crippen LogP contribution in [0, 0.1) is 0 Å². The average Bonchev–Trinajstić information content (AvgIpc) is 2.61. The highest BCUT2D eigenvalue weighted by atomic mass is 19.4. The number of alkyl halides is 3. The minimum Gasteiger partial charge on any atom is -0.351 e. The Balaban J connectivity index is 1.86. The Hall–Kier alpha value is -2.64. The summed E-state index contributed by atoms with van der Waals surface area (Å²) in [5.41, 5.74) is -1.22. The normalized spacial score (nSPS) is 21.0. The number of rotatable bonds is 2. The number of nitrogens with zero attached hydrogens (tertiary/aromatic N) is 4. The van der Waals surface area contributed by atoms with Crippen molar-refractivity contribution in [1.82, 2.24) is 15.1 Å². The second-order valence-electron chi connectivity index (χ2n) is 6.44. The molecule has 3 rings (SSSR count). The van der Waals surface area contributed by atoms with Crippen molar-refractivity contribution >= 4 is 11.7 Å². The maximum Gasteiger partial charge on any atom is 0.417 e. The molecule has 0 bridgehead atoms. The van der Waals surface area contributed by atoms with E-state index in [0.717, 1.165) is 6.07 Å². The van der Waals surface area contributed by atoms with E-state index < -0.39 is 17.6 Å². The molecule has 0 N–H and O–H groups in total. The molecule has 0 saturated carbocycles. The van der Waals surface area contributed by atoms with Crippen LogP contribution in [0.1, 0.15) is 29.8 Å². The third-order valence-corrected chi connectivity index (χ3v) is 4.50. The highest BCUT2D eigenvalue weighted by Crippen LogP contribution is 2.33. The van der Waals surface area contributed by atoms with Crippen LogP contribution < -0.4 is 4.90 Å². The largest absolute Gasteiger partial charge is 0.417 e. The van der Waals surface area contributed by atoms with Crippen molar-refractivity contribution in [3.63, 3.8) is 0 Å². The summed E-state index contributed by atoms with van der Waals surface area (Å²) in [4.78, 5) is 16.4. The van der Waals surface area contributed by atoms with Crippen molar-refractivity contribution < 1.29 is 18.0 Å². The fraction of sp³-hybridized carbons (Fsp3) is 0.389. The molecule has 2 atom stereocenters. The van der Waals surface area contributed by atoms with E-state index in [-0.39, 0.29) is 17.6 Å². The quantitative estimate of drug-likeness (QED) is 0.821. The molecule has 8 heteroatoms. The van der Waals surface area contributed by atoms with Gasteiger partial charge in [0.15, 0.2) is 5.82 Å². The second kappa shape index (κ2) is 6.93. The summed E-state index contributed by atoms with van der Waals surface area (Å²) in [5, 5.41) is 7.92. The van der Waals surface area contributed by atoms with E-state index >= 15 is 0 Å². The van der Waals surface area contributed by atoms with Crippen molar-refractivity contribution in [2.75, 3.05) is 18.0 Å². The Kier molecular flexibility index (Phi) is 4.84. The standard InChI is InChI=1S/C18H19F3N4O/c1-12-10-24(16-8-5-9-22-23-16)11-13(2)25(12)17(26)14-6-3-4-7-15(14)18(19,20)21/h3-9,12-13H,10-11H2,1-2H3. The highest BCUT2D eigenvalue weighted by molar-refractivity contribution is 5.96. The molecule has 138 valence electrons. The van der Waals surface area contributed by atoms with Gasteiger partial charge in [0.25, 0.3) is 5.91 Å². The molecule has 2 aromatic rings. The van der Waals surface area contributed by atoms with Gasteiger partial charge in [0.1, 0.15) is 0 Å². The number of benzene rings is 1. The molecule has 0 radical (unpaired) electrons. The van der Waals surface area contributed by atoms with E-state index in [9.17, 15) is 18.0 Å². The lowest BCUT2D eigenvalue weighted by Gasteiger charge is -2.45. The van der Waals surface area contributed by atoms with Gasteiger partial charge in [-0.3, -0.25) is 4.79 Å². The number of halogens is 3. The molecule has 1 saturated heterocycles. The number of hydrogen-bond acceptors (Lipinski definition) is 4. The third-order valence-electron chi connectivity index (χ3n) is 4.50. The van der Waals surface area contributed by atoms with Gasteiger partial charge in [-0.2, -0.15) is 18.3 Å². The van der Waals surface area contributed by atoms with E-state index in [1.54, 1.807) is 12.3 Å². The summed E-state index contributed by atoms with van der Waals surface area (Å²) in [6, 6.07) is 7.98. The maximum absolute atomic E-state index is 13.3. The molecule has 1 fully saturated rings. The molecule has 1 aliphatic rings. The predicted octanol–water partition coefficient (Wildman–Crippen LogP) is 3.23. The second-order valence-corrected chi connectivity index (χ2v) is 6.44. The van der Waals surface area contributed by atoms with Gasteiger partial charge >= 0.3 is 6.18 Å². The van der Waals surface area contributed by atoms with Crippen LogP contribution in [0.5, 0.6) is 0 Å². The fourth-order valence-electron chi connectivity index (χ4n) is 3.43. The number of aromatic nitrogens is 2. The van der Waals surface area contributed by atoms with Gasteiger partial charge in [-0.25, -0.2) is 0 Å². The van der Waals surface area contributed by atoms with E-state index in [2.05, 4.69) is 10.2 Å². The van der Waals surface area contributed by atoms with Crippen molar-refractivity contribution in [1.29, 1.82) is 0 Å². The topological polar surface area (TPSA) is 49.3 Å². The summed E-state index contributed by atoms with van der Waals surface area (Å²) < 4.78 is 39.8. The van der Waals surface area contributed by atoms with Gasteiger partial charge in [0.05, 0.1) is 11.1 Å². The fourth-order valence-corrected chi connectivity index (χ4v) is 3.43. The molecule has 26 heavy (non-hydrogen) atoms. The molecule has 2 heterocycles. The summed E-state index contributed by atoms with van der Waals surface area (Å²) in [7, 11) is 0. The smallest absolute Gasteiger partial charge is 0.351 e. The SMILES string of the molecule is CC1CN(c2cccnn2)CC(C)N1C(=O)c1ccccc1C(F)(F)F. The number of anilines is 1. The zero-order chi connectivity index (χ0) is 18.9. The molecule has 1 aliphatic heterocycles. The van der Waals surface area contributed by atoms with Gasteiger partial charge in [-0.15, -0.1) is 5.10 Å². The monoisotopic (exact) mass is 364 g/mol. The van der Waals surface area contributed by atoms with Crippen molar-refractivity contribution in [3.05, 3.63) is 53.7 Å². The van der Waals surface area contributed by atoms with Crippen LogP contribution in [0.2, 0.25) is 0 Å². The van der Waals surface area contributed by atoms with Crippen molar-refractivity contribution in [2.45, 2.75) is 32.1 Å². The predicted molar refractivity (Wildman–Crippen MR) is 90.8 cm³/mol. The first-order valence-electron chi connectivity index (χ1n) is 8.30. The van der Waals surface area contributed by atoms with Crippen LogP contribution in [0.3, 0.4) is 0 Å². The third kappa shape index (κ3) is 3.49. The number of hydrogen-bond donors (Lipinski definition) is 0. The van der Waals surface area contributed by atoms with Gasteiger partial charge in [0.2, 0.25) is 0 Å². The Bertz CT molecular complexity index is 770. The van der Waals surface area contributed by atoms with E-state index in [4.69, 9.17) is 0 Å². The minimum atomic E-state index is -4.57. The Morgan fingerprint density at radius 1 is 1.08 bits per heavy atom. The molecular weight excluding hydrogens is 345 g/mol. The van der Waals surface area contributed by atoms with Crippen LogP contribution in [0.15, 0.2) is 42.6 Å². The van der Waals surface area contributed by atoms with Gasteiger partial charge < -0.3 is 9.80 Å². The van der Waals surface area contributed by atoms with Crippen LogP contribution in [0.25, 0.3) is 0 Å². The first kappa shape index (κ1) is 18.2. The van der Waals surface area contributed by atoms with Gasteiger partial charge in [-0.1, -0.05) is 12.1 Å². The van der Waals surface area contributed by atoms with Gasteiger partial charge in [-0.05, 0) is 38.1 Å². The van der Waals surface area contributed by atoms with E-state index in [1.165, 1.54) is 23.1 Å². The molecule has 1 amide bonds. The Morgan fingerprint density at radius 2 is 1.73 bits per heavy atom. The van der Waals surface area contributed by atoms with Crippen molar-refractivity contribution in [3.8, 4) is 0 Å². The number of carbonyl (C=O) groups is 1. The number of amides is 1. The maximum atomic E-state index is 13.3. The lowest BCUT2D eigenvalue weighted by molar-refractivity contribution is -0.138. The molecule has 1 aromatic heterocycles. The van der Waals surface area contributed by atoms with E-state index in [0.29, 0.717) is 18.9 Å². The number of piperazine rings is 1. The van der Waals surface area contributed by atoms with E-state index in [1.807, 2.05) is 24.8 Å². The van der Waals surface area contributed by atoms with Crippen LogP contribution >= 0.6 is 0 Å². The highest BCUT2D eigenvalue weighted by Gasteiger charge is 2.39. The Labute approximate surface area is 149 Å². The molecular formula is C18H19F3N4O. The summed E-state index contributed by atoms with van der Waals surface area (Å²) in [6.07, 6.45) is -3.00. The first-order valence-corrected chi connectivity index (χ1v) is 8.30. The summed E-state index contributed by atoms with van der Waals surface area (Å²) in [5.74, 6) is 0.0886. The van der Waals surface area contributed by atoms with Crippen LogP contribution in [-0.4, -0.2) is 46.2 Å². The zero-order valence-electron chi connectivity index (χ0n) is 14.4. The molecule has 0 aliphatic carbocycles. The van der Waals surface area contributed by atoms with Gasteiger partial charge in [0, 0.05) is 31.4 Å². The average molecular weight is 364 g/mol. The summed E-state index contributed by atoms with van der Waals surface area (Å²) >= 11 is 0. The number of carbonyl (C=O) groups excluding carboxylic acids is 1. The molecule has 0 spiro atoms. The lowest BCUT2D eigenvalue weighted by Crippen LogP contribution is -2.59. The molecule has 5 nitrogen and oxygen atoms in total. The van der Waals surface area contributed by atoms with Crippen LogP contribution in [0.4, 0.5) is 19.0 Å². The zero-order valence-corrected chi connectivity index (χ0v) is 14.4. The molecule has 2 unspecified atom stereocenters. The first-order chi connectivity index (χ1) is 12.3. The minimum absolute atomic E-state index is 0.269. The lowest BCUT2D eigenvalue weighted by atomic mass is 10.0. The summed E-state index contributed by atoms with van der Waals surface area (Å²) in [6.45, 7) is 4.60. The Morgan fingerprint density at radius 3 is 2.31 bits per heavy atom. The van der Waals surface area contributed by atoms with Crippen molar-refractivity contribution in [2.24, 2.45) is 0 Å². The molecule has 1 aromatic carbocycles.